The van der Waals surface area contributed by atoms with Crippen molar-refractivity contribution in [1.82, 2.24) is 10.6 Å². The Morgan fingerprint density at radius 3 is 2.45 bits per heavy atom. The van der Waals surface area contributed by atoms with Gasteiger partial charge < -0.3 is 15.4 Å². The summed E-state index contributed by atoms with van der Waals surface area (Å²) in [6, 6.07) is 6.51. The summed E-state index contributed by atoms with van der Waals surface area (Å²) in [6.07, 6.45) is 1.47. The summed E-state index contributed by atoms with van der Waals surface area (Å²) in [5.41, 5.74) is 0.711. The Kier molecular flexibility index (Phi) is 6.36. The predicted octanol–water partition coefficient (Wildman–Crippen LogP) is 2.35. The zero-order valence-electron chi connectivity index (χ0n) is 12.1. The van der Waals surface area contributed by atoms with Gasteiger partial charge in [-0.05, 0) is 30.7 Å². The van der Waals surface area contributed by atoms with Crippen molar-refractivity contribution < 1.29 is 14.3 Å². The summed E-state index contributed by atoms with van der Waals surface area (Å²) in [5, 5.41) is 5.19. The summed E-state index contributed by atoms with van der Waals surface area (Å²) in [7, 11) is 3.23. The van der Waals surface area contributed by atoms with E-state index in [1.807, 2.05) is 0 Å². The maximum Gasteiger partial charge on any atom is 0.412 e. The number of benzene rings is 1. The number of nitrogens with zero attached hydrogens (tertiary/aromatic N) is 1. The van der Waals surface area contributed by atoms with Crippen LogP contribution in [-0.4, -0.2) is 32.8 Å². The van der Waals surface area contributed by atoms with E-state index >= 15 is 0 Å². The number of anilines is 1. The van der Waals surface area contributed by atoms with Gasteiger partial charge in [0.05, 0.1) is 0 Å². The molecule has 6 nitrogen and oxygen atoms in total. The summed E-state index contributed by atoms with van der Waals surface area (Å²) in [4.78, 5) is 24.4. The van der Waals surface area contributed by atoms with E-state index in [2.05, 4.69) is 17.6 Å². The average Bonchev–Trinajstić information content (AvgIpc) is 2.46. The third-order valence-electron chi connectivity index (χ3n) is 2.75. The van der Waals surface area contributed by atoms with Gasteiger partial charge in [0.1, 0.15) is 5.75 Å². The van der Waals surface area contributed by atoms with E-state index in [1.54, 1.807) is 38.4 Å². The maximum atomic E-state index is 11.5. The van der Waals surface area contributed by atoms with E-state index < -0.39 is 6.09 Å². The van der Waals surface area contributed by atoms with Crippen LogP contribution in [0.2, 0.25) is 0 Å². The van der Waals surface area contributed by atoms with Crippen LogP contribution in [0.3, 0.4) is 0 Å². The second-order valence-electron chi connectivity index (χ2n) is 4.28. The molecule has 0 spiro atoms. The van der Waals surface area contributed by atoms with Crippen molar-refractivity contribution in [3.63, 3.8) is 0 Å². The molecular formula is C14H21N3O3. The highest BCUT2D eigenvalue weighted by molar-refractivity contribution is 5.91. The van der Waals surface area contributed by atoms with Gasteiger partial charge in [-0.2, -0.15) is 0 Å². The molecule has 0 aliphatic rings. The summed E-state index contributed by atoms with van der Waals surface area (Å²) in [6.45, 7) is 2.65. The molecule has 0 aromatic heterocycles. The molecule has 0 saturated carbocycles. The molecule has 1 aromatic rings. The number of ether oxygens (including phenoxy) is 1. The smallest absolute Gasteiger partial charge is 0.410 e. The number of amides is 3. The van der Waals surface area contributed by atoms with E-state index in [-0.39, 0.29) is 6.03 Å². The van der Waals surface area contributed by atoms with Crippen LogP contribution in [0.5, 0.6) is 5.75 Å². The largest absolute Gasteiger partial charge is 0.412 e. The highest BCUT2D eigenvalue weighted by Gasteiger charge is 2.09. The normalized spacial score (nSPS) is 9.75. The Labute approximate surface area is 119 Å². The minimum Gasteiger partial charge on any atom is -0.410 e. The van der Waals surface area contributed by atoms with E-state index in [0.29, 0.717) is 18.0 Å². The molecule has 2 N–H and O–H groups in total. The molecule has 0 saturated heterocycles. The van der Waals surface area contributed by atoms with Crippen molar-refractivity contribution in [1.29, 1.82) is 0 Å². The summed E-state index contributed by atoms with van der Waals surface area (Å²) in [5.74, 6) is 0.438. The Hall–Kier alpha value is -2.24. The van der Waals surface area contributed by atoms with Gasteiger partial charge in [-0.1, -0.05) is 13.3 Å². The number of carbonyl (C=O) groups excluding carboxylic acids is 2. The highest BCUT2D eigenvalue weighted by atomic mass is 16.6. The third kappa shape index (κ3) is 4.79. The number of hydrogen-bond donors (Lipinski definition) is 2. The van der Waals surface area contributed by atoms with Gasteiger partial charge >= 0.3 is 12.1 Å². The molecule has 0 atom stereocenters. The number of urea groups is 1. The number of carbonyl (C=O) groups is 2. The molecule has 20 heavy (non-hydrogen) atoms. The van der Waals surface area contributed by atoms with Crippen molar-refractivity contribution in [2.45, 2.75) is 19.8 Å². The van der Waals surface area contributed by atoms with Gasteiger partial charge in [0.15, 0.2) is 0 Å². The van der Waals surface area contributed by atoms with Crippen LogP contribution >= 0.6 is 0 Å². The van der Waals surface area contributed by atoms with Gasteiger partial charge in [-0.25, -0.2) is 9.59 Å². The summed E-state index contributed by atoms with van der Waals surface area (Å²) < 4.78 is 5.11. The van der Waals surface area contributed by atoms with Gasteiger partial charge in [-0.3, -0.25) is 4.90 Å². The zero-order chi connectivity index (χ0) is 15.0. The number of unbranched alkanes of at least 4 members (excludes halogenated alkanes) is 1. The molecule has 6 heteroatoms. The molecule has 1 aromatic carbocycles. The van der Waals surface area contributed by atoms with Crippen LogP contribution in [0.4, 0.5) is 15.3 Å². The minimum absolute atomic E-state index is 0.212. The Morgan fingerprint density at radius 2 is 1.90 bits per heavy atom. The van der Waals surface area contributed by atoms with E-state index in [9.17, 15) is 9.59 Å². The van der Waals surface area contributed by atoms with E-state index in [0.717, 1.165) is 12.8 Å². The monoisotopic (exact) mass is 279 g/mol. The lowest BCUT2D eigenvalue weighted by molar-refractivity contribution is 0.200. The summed E-state index contributed by atoms with van der Waals surface area (Å²) >= 11 is 0. The van der Waals surface area contributed by atoms with Gasteiger partial charge in [0.2, 0.25) is 0 Å². The van der Waals surface area contributed by atoms with Crippen LogP contribution in [0, 0.1) is 0 Å². The molecule has 0 fully saturated rings. The SMILES string of the molecule is CCCCNC(=O)Oc1ccc(N(C)C(=O)NC)cc1. The van der Waals surface area contributed by atoms with Crippen molar-refractivity contribution >= 4 is 17.8 Å². The van der Waals surface area contributed by atoms with Gasteiger partial charge in [-0.15, -0.1) is 0 Å². The first-order chi connectivity index (χ1) is 9.58. The quantitative estimate of drug-likeness (QED) is 0.813. The lowest BCUT2D eigenvalue weighted by atomic mass is 10.3. The average molecular weight is 279 g/mol. The Morgan fingerprint density at radius 1 is 1.25 bits per heavy atom. The lowest BCUT2D eigenvalue weighted by Gasteiger charge is -2.16. The van der Waals surface area contributed by atoms with Crippen LogP contribution in [0.15, 0.2) is 24.3 Å². The van der Waals surface area contributed by atoms with E-state index in [1.165, 1.54) is 4.90 Å². The molecule has 0 aliphatic heterocycles. The molecule has 0 radical (unpaired) electrons. The molecule has 0 unspecified atom stereocenters. The third-order valence-corrected chi connectivity index (χ3v) is 2.75. The maximum absolute atomic E-state index is 11.5. The van der Waals surface area contributed by atoms with Crippen molar-refractivity contribution in [2.24, 2.45) is 0 Å². The first-order valence-corrected chi connectivity index (χ1v) is 6.59. The second kappa shape index (κ2) is 8.04. The van der Waals surface area contributed by atoms with E-state index in [4.69, 9.17) is 4.74 Å². The topological polar surface area (TPSA) is 70.7 Å². The Balaban J connectivity index is 2.54. The minimum atomic E-state index is -0.467. The van der Waals surface area contributed by atoms with Crippen LogP contribution < -0.4 is 20.3 Å². The molecule has 1 rings (SSSR count). The molecule has 0 aliphatic carbocycles. The lowest BCUT2D eigenvalue weighted by Crippen LogP contribution is -2.34. The van der Waals surface area contributed by atoms with Crippen molar-refractivity contribution in [2.75, 3.05) is 25.5 Å². The first-order valence-electron chi connectivity index (χ1n) is 6.59. The molecule has 0 heterocycles. The van der Waals surface area contributed by atoms with Crippen molar-refractivity contribution in [3.8, 4) is 5.75 Å². The molecular weight excluding hydrogens is 258 g/mol. The molecule has 110 valence electrons. The fourth-order valence-electron chi connectivity index (χ4n) is 1.53. The standard InChI is InChI=1S/C14H21N3O3/c1-4-5-10-16-14(19)20-12-8-6-11(7-9-12)17(3)13(18)15-2/h6-9H,4-5,10H2,1-3H3,(H,15,18)(H,16,19). The zero-order valence-corrected chi connectivity index (χ0v) is 12.1. The first kappa shape index (κ1) is 15.8. The predicted molar refractivity (Wildman–Crippen MR) is 78.2 cm³/mol. The van der Waals surface area contributed by atoms with Crippen LogP contribution in [0.1, 0.15) is 19.8 Å². The molecule has 0 bridgehead atoms. The Bertz CT molecular complexity index is 445. The second-order valence-corrected chi connectivity index (χ2v) is 4.28. The number of hydrogen-bond acceptors (Lipinski definition) is 3. The fraction of sp³-hybridized carbons (Fsp3) is 0.429. The highest BCUT2D eigenvalue weighted by Crippen LogP contribution is 2.18. The van der Waals surface area contributed by atoms with Gasteiger partial charge in [0.25, 0.3) is 0 Å². The van der Waals surface area contributed by atoms with Crippen LogP contribution in [-0.2, 0) is 0 Å². The van der Waals surface area contributed by atoms with Crippen molar-refractivity contribution in [3.05, 3.63) is 24.3 Å². The number of nitrogens with one attached hydrogen (secondary N) is 2. The fourth-order valence-corrected chi connectivity index (χ4v) is 1.53. The molecule has 3 amide bonds. The van der Waals surface area contributed by atoms with Crippen LogP contribution in [0.25, 0.3) is 0 Å². The number of rotatable bonds is 5. The van der Waals surface area contributed by atoms with Gasteiger partial charge in [0, 0.05) is 26.3 Å².